The van der Waals surface area contributed by atoms with Crippen LogP contribution < -0.4 is 4.74 Å². The summed E-state index contributed by atoms with van der Waals surface area (Å²) < 4.78 is 28.7. The summed E-state index contributed by atoms with van der Waals surface area (Å²) in [6.45, 7) is 1.60. The molecule has 1 rings (SSSR count). The SMILES string of the molecule is COc1ccc(C(Cl)C(C)S(C)(=O)=O)c(Br)c1. The van der Waals surface area contributed by atoms with E-state index >= 15 is 0 Å². The average Bonchev–Trinajstić information content (AvgIpc) is 2.25. The van der Waals surface area contributed by atoms with Gasteiger partial charge in [0, 0.05) is 10.7 Å². The van der Waals surface area contributed by atoms with Crippen LogP contribution in [-0.4, -0.2) is 27.0 Å². The Bertz CT molecular complexity index is 501. The highest BCUT2D eigenvalue weighted by Gasteiger charge is 2.27. The Hall–Kier alpha value is -0.260. The molecular formula is C11H14BrClO3S. The molecule has 0 aliphatic rings. The standard InChI is InChI=1S/C11H14BrClO3S/c1-7(17(3,14)15)11(13)9-5-4-8(16-2)6-10(9)12/h4-7,11H,1-3H3. The molecule has 0 aromatic heterocycles. The van der Waals surface area contributed by atoms with Crippen molar-refractivity contribution in [1.29, 1.82) is 0 Å². The van der Waals surface area contributed by atoms with Crippen LogP contribution in [0.1, 0.15) is 17.9 Å². The number of hydrogen-bond acceptors (Lipinski definition) is 3. The Kier molecular flexibility index (Phi) is 4.86. The third kappa shape index (κ3) is 3.60. The fraction of sp³-hybridized carbons (Fsp3) is 0.455. The predicted octanol–water partition coefficient (Wildman–Crippen LogP) is 3.17. The maximum Gasteiger partial charge on any atom is 0.151 e. The van der Waals surface area contributed by atoms with Crippen molar-refractivity contribution in [2.45, 2.75) is 17.6 Å². The van der Waals surface area contributed by atoms with Crippen molar-refractivity contribution < 1.29 is 13.2 Å². The number of methoxy groups -OCH3 is 1. The molecule has 0 aliphatic heterocycles. The minimum Gasteiger partial charge on any atom is -0.497 e. The molecule has 96 valence electrons. The Balaban J connectivity index is 3.09. The van der Waals surface area contributed by atoms with Crippen LogP contribution in [0.2, 0.25) is 0 Å². The Labute approximate surface area is 115 Å². The number of hydrogen-bond donors (Lipinski definition) is 0. The number of alkyl halides is 1. The summed E-state index contributed by atoms with van der Waals surface area (Å²) in [4.78, 5) is 0. The normalized spacial score (nSPS) is 15.4. The summed E-state index contributed by atoms with van der Waals surface area (Å²) in [5, 5.41) is -1.24. The third-order valence-electron chi connectivity index (χ3n) is 2.59. The molecule has 0 saturated carbocycles. The molecule has 0 amide bonds. The van der Waals surface area contributed by atoms with E-state index in [9.17, 15) is 8.42 Å². The first-order valence-electron chi connectivity index (χ1n) is 4.93. The van der Waals surface area contributed by atoms with Crippen LogP contribution in [0.4, 0.5) is 0 Å². The van der Waals surface area contributed by atoms with Gasteiger partial charge in [0.05, 0.1) is 17.7 Å². The first-order valence-corrected chi connectivity index (χ1v) is 8.12. The zero-order valence-corrected chi connectivity index (χ0v) is 12.9. The van der Waals surface area contributed by atoms with Crippen molar-refractivity contribution in [2.75, 3.05) is 13.4 Å². The average molecular weight is 342 g/mol. The highest BCUT2D eigenvalue weighted by atomic mass is 79.9. The minimum atomic E-state index is -3.17. The molecule has 3 nitrogen and oxygen atoms in total. The van der Waals surface area contributed by atoms with Crippen molar-refractivity contribution in [3.8, 4) is 5.75 Å². The largest absolute Gasteiger partial charge is 0.497 e. The number of benzene rings is 1. The molecule has 2 atom stereocenters. The van der Waals surface area contributed by atoms with Crippen LogP contribution in [0.25, 0.3) is 0 Å². The smallest absolute Gasteiger partial charge is 0.151 e. The molecule has 6 heteroatoms. The molecule has 0 radical (unpaired) electrons. The molecule has 0 heterocycles. The van der Waals surface area contributed by atoms with Gasteiger partial charge in [-0.2, -0.15) is 0 Å². The van der Waals surface area contributed by atoms with E-state index in [0.29, 0.717) is 5.75 Å². The highest BCUT2D eigenvalue weighted by molar-refractivity contribution is 9.10. The summed E-state index contributed by atoms with van der Waals surface area (Å²) in [6.07, 6.45) is 1.18. The monoisotopic (exact) mass is 340 g/mol. The second-order valence-electron chi connectivity index (χ2n) is 3.82. The van der Waals surface area contributed by atoms with Gasteiger partial charge in [-0.05, 0) is 24.6 Å². The molecule has 0 spiro atoms. The summed E-state index contributed by atoms with van der Waals surface area (Å²) in [6, 6.07) is 5.28. The van der Waals surface area contributed by atoms with Crippen LogP contribution >= 0.6 is 27.5 Å². The molecule has 2 unspecified atom stereocenters. The molecule has 0 N–H and O–H groups in total. The summed E-state index contributed by atoms with van der Waals surface area (Å²) in [7, 11) is -1.60. The van der Waals surface area contributed by atoms with Gasteiger partial charge in [-0.1, -0.05) is 22.0 Å². The topological polar surface area (TPSA) is 43.4 Å². The molecule has 17 heavy (non-hydrogen) atoms. The summed E-state index contributed by atoms with van der Waals surface area (Å²) in [5.74, 6) is 0.691. The zero-order valence-electron chi connectivity index (χ0n) is 9.78. The van der Waals surface area contributed by atoms with E-state index in [1.807, 2.05) is 0 Å². The van der Waals surface area contributed by atoms with Gasteiger partial charge in [0.15, 0.2) is 9.84 Å². The molecule has 1 aromatic rings. The van der Waals surface area contributed by atoms with Gasteiger partial charge < -0.3 is 4.74 Å². The Morgan fingerprint density at radius 1 is 1.41 bits per heavy atom. The number of sulfone groups is 1. The van der Waals surface area contributed by atoms with Crippen LogP contribution in [0.15, 0.2) is 22.7 Å². The number of halogens is 2. The van der Waals surface area contributed by atoms with Crippen LogP contribution in [0.3, 0.4) is 0 Å². The lowest BCUT2D eigenvalue weighted by molar-refractivity contribution is 0.414. The third-order valence-corrected chi connectivity index (χ3v) is 5.66. The maximum atomic E-state index is 11.5. The number of rotatable bonds is 4. The van der Waals surface area contributed by atoms with Gasteiger partial charge in [0.25, 0.3) is 0 Å². The Morgan fingerprint density at radius 3 is 2.41 bits per heavy atom. The van der Waals surface area contributed by atoms with E-state index in [-0.39, 0.29) is 0 Å². The fourth-order valence-electron chi connectivity index (χ4n) is 1.33. The van der Waals surface area contributed by atoms with Gasteiger partial charge in [-0.3, -0.25) is 0 Å². The summed E-state index contributed by atoms with van der Waals surface area (Å²) in [5.41, 5.74) is 0.741. The van der Waals surface area contributed by atoms with Crippen LogP contribution in [-0.2, 0) is 9.84 Å². The van der Waals surface area contributed by atoms with E-state index in [0.717, 1.165) is 10.0 Å². The van der Waals surface area contributed by atoms with E-state index in [1.165, 1.54) is 6.26 Å². The first kappa shape index (κ1) is 14.8. The van der Waals surface area contributed by atoms with Gasteiger partial charge in [0.2, 0.25) is 0 Å². The highest BCUT2D eigenvalue weighted by Crippen LogP contribution is 2.35. The lowest BCUT2D eigenvalue weighted by Crippen LogP contribution is -2.21. The molecular weight excluding hydrogens is 328 g/mol. The van der Waals surface area contributed by atoms with Crippen molar-refractivity contribution >= 4 is 37.4 Å². The molecule has 0 aliphatic carbocycles. The Morgan fingerprint density at radius 2 is 2.00 bits per heavy atom. The molecule has 0 bridgehead atoms. The zero-order chi connectivity index (χ0) is 13.2. The van der Waals surface area contributed by atoms with E-state index in [1.54, 1.807) is 32.2 Å². The lowest BCUT2D eigenvalue weighted by atomic mass is 10.1. The van der Waals surface area contributed by atoms with Crippen LogP contribution in [0.5, 0.6) is 5.75 Å². The second kappa shape index (κ2) is 5.59. The van der Waals surface area contributed by atoms with Gasteiger partial charge in [-0.15, -0.1) is 11.6 Å². The van der Waals surface area contributed by atoms with Crippen LogP contribution in [0, 0.1) is 0 Å². The van der Waals surface area contributed by atoms with Crippen molar-refractivity contribution in [3.05, 3.63) is 28.2 Å². The fourth-order valence-corrected chi connectivity index (χ4v) is 3.40. The predicted molar refractivity (Wildman–Crippen MR) is 73.6 cm³/mol. The maximum absolute atomic E-state index is 11.5. The van der Waals surface area contributed by atoms with Crippen molar-refractivity contribution in [2.24, 2.45) is 0 Å². The molecule has 1 aromatic carbocycles. The van der Waals surface area contributed by atoms with Crippen molar-refractivity contribution in [3.63, 3.8) is 0 Å². The second-order valence-corrected chi connectivity index (χ2v) is 7.55. The number of ether oxygens (including phenoxy) is 1. The summed E-state index contributed by atoms with van der Waals surface area (Å²) >= 11 is 9.56. The van der Waals surface area contributed by atoms with E-state index < -0.39 is 20.5 Å². The molecule has 0 saturated heterocycles. The van der Waals surface area contributed by atoms with Crippen molar-refractivity contribution in [1.82, 2.24) is 0 Å². The minimum absolute atomic E-state index is 0.592. The van der Waals surface area contributed by atoms with Gasteiger partial charge in [0.1, 0.15) is 5.75 Å². The molecule has 0 fully saturated rings. The lowest BCUT2D eigenvalue weighted by Gasteiger charge is -2.18. The van der Waals surface area contributed by atoms with Gasteiger partial charge in [-0.25, -0.2) is 8.42 Å². The first-order chi connectivity index (χ1) is 7.77. The van der Waals surface area contributed by atoms with E-state index in [4.69, 9.17) is 16.3 Å². The van der Waals surface area contributed by atoms with E-state index in [2.05, 4.69) is 15.9 Å². The quantitative estimate of drug-likeness (QED) is 0.790. The van der Waals surface area contributed by atoms with Gasteiger partial charge >= 0.3 is 0 Å².